The Labute approximate surface area is 152 Å². The first-order valence-electron chi connectivity index (χ1n) is 8.35. The van der Waals surface area contributed by atoms with Gasteiger partial charge in [0, 0.05) is 30.2 Å². The number of carbonyl (C=O) groups excluding carboxylic acids is 1. The normalized spacial score (nSPS) is 10.6. The van der Waals surface area contributed by atoms with Gasteiger partial charge in [0.25, 0.3) is 0 Å². The zero-order chi connectivity index (χ0) is 17.5. The number of aryl methyl sites for hydroxylation is 3. The van der Waals surface area contributed by atoms with Crippen LogP contribution in [0.4, 0.5) is 0 Å². The molecule has 1 aromatic carbocycles. The molecule has 0 bridgehead atoms. The summed E-state index contributed by atoms with van der Waals surface area (Å²) < 4.78 is 0. The molecule has 5 heteroatoms. The Kier molecular flexibility index (Phi) is 5.90. The number of carbonyl (C=O) groups is 1. The lowest BCUT2D eigenvalue weighted by Gasteiger charge is -2.07. The second-order valence-corrected chi connectivity index (χ2v) is 6.88. The predicted molar refractivity (Wildman–Crippen MR) is 100 cm³/mol. The van der Waals surface area contributed by atoms with E-state index in [2.05, 4.69) is 28.3 Å². The van der Waals surface area contributed by atoms with E-state index in [4.69, 9.17) is 0 Å². The summed E-state index contributed by atoms with van der Waals surface area (Å²) in [7, 11) is 0. The highest BCUT2D eigenvalue weighted by atomic mass is 32.1. The Hall–Kier alpha value is -2.53. The van der Waals surface area contributed by atoms with Gasteiger partial charge < -0.3 is 5.32 Å². The minimum absolute atomic E-state index is 0.00447. The topological polar surface area (TPSA) is 54.9 Å². The van der Waals surface area contributed by atoms with Crippen molar-refractivity contribution in [3.8, 4) is 0 Å². The number of hydrogen-bond acceptors (Lipinski definition) is 4. The fourth-order valence-corrected chi connectivity index (χ4v) is 3.35. The number of pyridine rings is 1. The highest BCUT2D eigenvalue weighted by Gasteiger charge is 2.08. The molecule has 0 aliphatic carbocycles. The van der Waals surface area contributed by atoms with Crippen LogP contribution in [0.2, 0.25) is 0 Å². The number of nitrogens with one attached hydrogen (secondary N) is 1. The fraction of sp³-hybridized carbons (Fsp3) is 0.250. The third kappa shape index (κ3) is 5.22. The Morgan fingerprint density at radius 1 is 1.08 bits per heavy atom. The average molecular weight is 351 g/mol. The molecule has 0 aliphatic heterocycles. The monoisotopic (exact) mass is 351 g/mol. The van der Waals surface area contributed by atoms with Gasteiger partial charge in [-0.15, -0.1) is 11.3 Å². The highest BCUT2D eigenvalue weighted by molar-refractivity contribution is 7.09. The minimum Gasteiger partial charge on any atom is -0.352 e. The van der Waals surface area contributed by atoms with Crippen LogP contribution in [0, 0.1) is 6.92 Å². The molecule has 0 saturated heterocycles. The summed E-state index contributed by atoms with van der Waals surface area (Å²) in [6, 6.07) is 14.0. The average Bonchev–Trinajstić information content (AvgIpc) is 3.07. The Morgan fingerprint density at radius 2 is 1.92 bits per heavy atom. The van der Waals surface area contributed by atoms with Crippen LogP contribution >= 0.6 is 11.3 Å². The molecular weight excluding hydrogens is 330 g/mol. The predicted octanol–water partition coefficient (Wildman–Crippen LogP) is 3.49. The summed E-state index contributed by atoms with van der Waals surface area (Å²) >= 11 is 1.61. The maximum atomic E-state index is 12.1. The molecule has 0 spiro atoms. The number of rotatable bonds is 7. The molecule has 0 radical (unpaired) electrons. The maximum Gasteiger partial charge on any atom is 0.226 e. The van der Waals surface area contributed by atoms with Gasteiger partial charge in [-0.2, -0.15) is 0 Å². The third-order valence-corrected chi connectivity index (χ3v) is 4.96. The van der Waals surface area contributed by atoms with Crippen molar-refractivity contribution in [2.24, 2.45) is 0 Å². The molecule has 128 valence electrons. The van der Waals surface area contributed by atoms with Crippen molar-refractivity contribution in [2.75, 3.05) is 0 Å². The van der Waals surface area contributed by atoms with Crippen LogP contribution in [0.15, 0.2) is 54.0 Å². The molecule has 2 heterocycles. The molecule has 1 N–H and O–H groups in total. The van der Waals surface area contributed by atoms with Crippen molar-refractivity contribution in [1.29, 1.82) is 0 Å². The van der Waals surface area contributed by atoms with Crippen molar-refractivity contribution in [1.82, 2.24) is 15.3 Å². The smallest absolute Gasteiger partial charge is 0.226 e. The first kappa shape index (κ1) is 17.3. The second kappa shape index (κ2) is 8.53. The van der Waals surface area contributed by atoms with Crippen molar-refractivity contribution >= 4 is 17.2 Å². The SMILES string of the molecule is Cc1ccccc1CNC(=O)Cc1csc(CCc2ccccn2)n1. The molecule has 0 fully saturated rings. The minimum atomic E-state index is 0.00447. The lowest BCUT2D eigenvalue weighted by molar-refractivity contribution is -0.120. The van der Waals surface area contributed by atoms with Crippen LogP contribution in [-0.2, 0) is 30.6 Å². The molecule has 0 saturated carbocycles. The van der Waals surface area contributed by atoms with Gasteiger partial charge in [0.15, 0.2) is 0 Å². The zero-order valence-corrected chi connectivity index (χ0v) is 15.1. The van der Waals surface area contributed by atoms with Crippen molar-refractivity contribution in [3.63, 3.8) is 0 Å². The number of aromatic nitrogens is 2. The molecule has 0 atom stereocenters. The van der Waals surface area contributed by atoms with Gasteiger partial charge in [0.1, 0.15) is 0 Å². The van der Waals surface area contributed by atoms with Crippen molar-refractivity contribution < 1.29 is 4.79 Å². The van der Waals surface area contributed by atoms with E-state index in [1.807, 2.05) is 41.8 Å². The quantitative estimate of drug-likeness (QED) is 0.709. The molecule has 2 aromatic heterocycles. The maximum absolute atomic E-state index is 12.1. The van der Waals surface area contributed by atoms with Gasteiger partial charge >= 0.3 is 0 Å². The van der Waals surface area contributed by atoms with Crippen LogP contribution in [0.25, 0.3) is 0 Å². The van der Waals surface area contributed by atoms with Gasteiger partial charge in [0.2, 0.25) is 5.91 Å². The number of hydrogen-bond donors (Lipinski definition) is 1. The summed E-state index contributed by atoms with van der Waals surface area (Å²) in [6.45, 7) is 2.61. The van der Waals surface area contributed by atoms with E-state index in [0.29, 0.717) is 13.0 Å². The fourth-order valence-electron chi connectivity index (χ4n) is 2.56. The Bertz CT molecular complexity index is 830. The van der Waals surface area contributed by atoms with Gasteiger partial charge in [-0.05, 0) is 36.6 Å². The van der Waals surface area contributed by atoms with Crippen molar-refractivity contribution in [2.45, 2.75) is 32.7 Å². The molecule has 25 heavy (non-hydrogen) atoms. The Morgan fingerprint density at radius 3 is 2.72 bits per heavy atom. The van der Waals surface area contributed by atoms with Crippen LogP contribution in [0.5, 0.6) is 0 Å². The molecule has 3 rings (SSSR count). The standard InChI is InChI=1S/C20H21N3OS/c1-15-6-2-3-7-16(15)13-22-19(24)12-18-14-25-20(23-18)10-9-17-8-4-5-11-21-17/h2-8,11,14H,9-10,12-13H2,1H3,(H,22,24). The largest absolute Gasteiger partial charge is 0.352 e. The summed E-state index contributed by atoms with van der Waals surface area (Å²) in [6.07, 6.45) is 3.85. The first-order valence-corrected chi connectivity index (χ1v) is 9.23. The Balaban J connectivity index is 1.47. The molecule has 3 aromatic rings. The van der Waals surface area contributed by atoms with Crippen LogP contribution in [-0.4, -0.2) is 15.9 Å². The van der Waals surface area contributed by atoms with E-state index < -0.39 is 0 Å². The number of thiazole rings is 1. The van der Waals surface area contributed by atoms with Gasteiger partial charge in [0.05, 0.1) is 17.1 Å². The van der Waals surface area contributed by atoms with E-state index in [0.717, 1.165) is 34.8 Å². The van der Waals surface area contributed by atoms with Gasteiger partial charge in [-0.25, -0.2) is 4.98 Å². The van der Waals surface area contributed by atoms with E-state index >= 15 is 0 Å². The lowest BCUT2D eigenvalue weighted by Crippen LogP contribution is -2.25. The van der Waals surface area contributed by atoms with E-state index in [1.54, 1.807) is 17.5 Å². The molecule has 0 unspecified atom stereocenters. The van der Waals surface area contributed by atoms with Crippen LogP contribution < -0.4 is 5.32 Å². The second-order valence-electron chi connectivity index (χ2n) is 5.93. The molecule has 4 nitrogen and oxygen atoms in total. The van der Waals surface area contributed by atoms with Crippen LogP contribution in [0.1, 0.15) is 27.5 Å². The zero-order valence-electron chi connectivity index (χ0n) is 14.2. The summed E-state index contributed by atoms with van der Waals surface area (Å²) in [5.74, 6) is 0.00447. The van der Waals surface area contributed by atoms with Crippen LogP contribution in [0.3, 0.4) is 0 Å². The molecule has 1 amide bonds. The van der Waals surface area contributed by atoms with E-state index in [9.17, 15) is 4.79 Å². The lowest BCUT2D eigenvalue weighted by atomic mass is 10.1. The number of nitrogens with zero attached hydrogens (tertiary/aromatic N) is 2. The van der Waals surface area contributed by atoms with Gasteiger partial charge in [-0.1, -0.05) is 30.3 Å². The summed E-state index contributed by atoms with van der Waals surface area (Å²) in [5.41, 5.74) is 4.23. The highest BCUT2D eigenvalue weighted by Crippen LogP contribution is 2.13. The summed E-state index contributed by atoms with van der Waals surface area (Å²) in [5, 5.41) is 5.99. The van der Waals surface area contributed by atoms with Gasteiger partial charge in [-0.3, -0.25) is 9.78 Å². The molecular formula is C20H21N3OS. The van der Waals surface area contributed by atoms with E-state index in [-0.39, 0.29) is 5.91 Å². The first-order chi connectivity index (χ1) is 12.2. The van der Waals surface area contributed by atoms with E-state index in [1.165, 1.54) is 5.56 Å². The number of amides is 1. The number of benzene rings is 1. The van der Waals surface area contributed by atoms with Crippen molar-refractivity contribution in [3.05, 3.63) is 81.6 Å². The molecule has 0 aliphatic rings. The third-order valence-electron chi connectivity index (χ3n) is 4.00. The summed E-state index contributed by atoms with van der Waals surface area (Å²) in [4.78, 5) is 21.0.